The number of carbonyl (C=O) groups is 2. The number of ether oxygens (including phenoxy) is 2. The van der Waals surface area contributed by atoms with Crippen LogP contribution < -0.4 is 0 Å². The molecule has 0 saturated heterocycles. The molecule has 0 spiro atoms. The second kappa shape index (κ2) is 6.22. The zero-order valence-corrected chi connectivity index (χ0v) is 7.91. The summed E-state index contributed by atoms with van der Waals surface area (Å²) >= 11 is 0. The van der Waals surface area contributed by atoms with E-state index in [0.717, 1.165) is 6.08 Å². The molecule has 13 heavy (non-hydrogen) atoms. The van der Waals surface area contributed by atoms with E-state index in [2.05, 4.69) is 6.58 Å². The van der Waals surface area contributed by atoms with Gasteiger partial charge in [0.2, 0.25) is 0 Å². The fourth-order valence-corrected chi connectivity index (χ4v) is 0.591. The highest BCUT2D eigenvalue weighted by Gasteiger charge is 2.06. The van der Waals surface area contributed by atoms with Crippen LogP contribution in [-0.4, -0.2) is 25.2 Å². The van der Waals surface area contributed by atoms with Crippen molar-refractivity contribution in [1.29, 1.82) is 0 Å². The molecule has 0 fully saturated rings. The summed E-state index contributed by atoms with van der Waals surface area (Å²) in [5.41, 5.74) is 0. The summed E-state index contributed by atoms with van der Waals surface area (Å²) in [6.45, 7) is 6.91. The highest BCUT2D eigenvalue weighted by atomic mass is 16.5. The molecule has 0 aromatic heterocycles. The summed E-state index contributed by atoms with van der Waals surface area (Å²) < 4.78 is 9.45. The van der Waals surface area contributed by atoms with Crippen LogP contribution in [0.4, 0.5) is 0 Å². The second-order valence-electron chi connectivity index (χ2n) is 2.74. The average molecular weight is 186 g/mol. The van der Waals surface area contributed by atoms with Gasteiger partial charge in [0.15, 0.2) is 0 Å². The molecule has 0 rings (SSSR count). The van der Waals surface area contributed by atoms with E-state index in [-0.39, 0.29) is 25.1 Å². The highest BCUT2D eigenvalue weighted by molar-refractivity contribution is 5.81. The van der Waals surface area contributed by atoms with Gasteiger partial charge in [-0.15, -0.1) is 0 Å². The topological polar surface area (TPSA) is 52.6 Å². The monoisotopic (exact) mass is 186 g/mol. The first kappa shape index (κ1) is 11.7. The van der Waals surface area contributed by atoms with E-state index in [0.29, 0.717) is 0 Å². The molecule has 0 saturated carbocycles. The van der Waals surface area contributed by atoms with Crippen molar-refractivity contribution in [1.82, 2.24) is 0 Å². The van der Waals surface area contributed by atoms with Crippen LogP contribution in [0.2, 0.25) is 0 Å². The van der Waals surface area contributed by atoms with Crippen molar-refractivity contribution in [3.8, 4) is 0 Å². The molecule has 0 N–H and O–H groups in total. The number of esters is 2. The smallest absolute Gasteiger partial charge is 0.330 e. The van der Waals surface area contributed by atoms with Gasteiger partial charge in [0.1, 0.15) is 0 Å². The predicted octanol–water partition coefficient (Wildman–Crippen LogP) is 0.915. The molecule has 1 unspecified atom stereocenters. The molecule has 0 aliphatic rings. The zero-order valence-electron chi connectivity index (χ0n) is 7.91. The van der Waals surface area contributed by atoms with E-state index in [1.54, 1.807) is 0 Å². The van der Waals surface area contributed by atoms with Crippen molar-refractivity contribution in [2.45, 2.75) is 13.8 Å². The molecule has 74 valence electrons. The van der Waals surface area contributed by atoms with Crippen LogP contribution in [0.25, 0.3) is 0 Å². The lowest BCUT2D eigenvalue weighted by Crippen LogP contribution is -2.16. The van der Waals surface area contributed by atoms with Crippen molar-refractivity contribution in [2.75, 3.05) is 13.2 Å². The third-order valence-corrected chi connectivity index (χ3v) is 1.25. The van der Waals surface area contributed by atoms with Gasteiger partial charge >= 0.3 is 11.9 Å². The van der Waals surface area contributed by atoms with Crippen LogP contribution in [-0.2, 0) is 19.1 Å². The minimum absolute atomic E-state index is 0.00722. The third-order valence-electron chi connectivity index (χ3n) is 1.25. The van der Waals surface area contributed by atoms with Crippen molar-refractivity contribution in [3.63, 3.8) is 0 Å². The SMILES string of the molecule is C=CC(=O)OCC(C)COC(C)=O. The molecule has 0 bridgehead atoms. The minimum atomic E-state index is -0.463. The molecule has 0 heterocycles. The fourth-order valence-electron chi connectivity index (χ4n) is 0.591. The van der Waals surface area contributed by atoms with Gasteiger partial charge in [-0.2, -0.15) is 0 Å². The summed E-state index contributed by atoms with van der Waals surface area (Å²) in [6, 6.07) is 0. The van der Waals surface area contributed by atoms with Crippen LogP contribution in [0.3, 0.4) is 0 Å². The van der Waals surface area contributed by atoms with Gasteiger partial charge in [0.05, 0.1) is 13.2 Å². The van der Waals surface area contributed by atoms with Gasteiger partial charge in [-0.1, -0.05) is 13.5 Å². The molecule has 0 aromatic rings. The van der Waals surface area contributed by atoms with Crippen LogP contribution in [0, 0.1) is 5.92 Å². The molecule has 4 nitrogen and oxygen atoms in total. The number of hydrogen-bond donors (Lipinski definition) is 0. The Kier molecular flexibility index (Phi) is 5.59. The lowest BCUT2D eigenvalue weighted by Gasteiger charge is -2.10. The van der Waals surface area contributed by atoms with Gasteiger partial charge in [0, 0.05) is 18.9 Å². The lowest BCUT2D eigenvalue weighted by atomic mass is 10.2. The first-order valence-electron chi connectivity index (χ1n) is 3.98. The molecular formula is C9H14O4. The fraction of sp³-hybridized carbons (Fsp3) is 0.556. The molecule has 0 aliphatic carbocycles. The Balaban J connectivity index is 3.50. The van der Waals surface area contributed by atoms with Crippen LogP contribution in [0.15, 0.2) is 12.7 Å². The Bertz CT molecular complexity index is 198. The maximum absolute atomic E-state index is 10.6. The molecule has 1 atom stereocenters. The lowest BCUT2D eigenvalue weighted by molar-refractivity contribution is -0.144. The number of rotatable bonds is 5. The Morgan fingerprint density at radius 2 is 1.92 bits per heavy atom. The van der Waals surface area contributed by atoms with Gasteiger partial charge in [-0.05, 0) is 0 Å². The molecule has 0 radical (unpaired) electrons. The third kappa shape index (κ3) is 7.05. The molecule has 0 aliphatic heterocycles. The first-order valence-corrected chi connectivity index (χ1v) is 3.98. The molecule has 4 heteroatoms. The second-order valence-corrected chi connectivity index (χ2v) is 2.74. The van der Waals surface area contributed by atoms with Crippen molar-refractivity contribution in [3.05, 3.63) is 12.7 Å². The van der Waals surface area contributed by atoms with Gasteiger partial charge in [0.25, 0.3) is 0 Å². The Hall–Kier alpha value is -1.32. The highest BCUT2D eigenvalue weighted by Crippen LogP contribution is 1.97. The van der Waals surface area contributed by atoms with Crippen LogP contribution in [0.1, 0.15) is 13.8 Å². The zero-order chi connectivity index (χ0) is 10.3. The van der Waals surface area contributed by atoms with E-state index in [9.17, 15) is 9.59 Å². The summed E-state index contributed by atoms with van der Waals surface area (Å²) in [5.74, 6) is -0.788. The quantitative estimate of drug-likeness (QED) is 0.473. The molecular weight excluding hydrogens is 172 g/mol. The maximum atomic E-state index is 10.6. The van der Waals surface area contributed by atoms with Gasteiger partial charge in [-0.3, -0.25) is 4.79 Å². The molecule has 0 amide bonds. The summed E-state index contributed by atoms with van der Waals surface area (Å²) in [6.07, 6.45) is 1.10. The van der Waals surface area contributed by atoms with E-state index >= 15 is 0 Å². The number of carbonyl (C=O) groups excluding carboxylic acids is 2. The Morgan fingerprint density at radius 3 is 2.38 bits per heavy atom. The van der Waals surface area contributed by atoms with E-state index < -0.39 is 5.97 Å². The maximum Gasteiger partial charge on any atom is 0.330 e. The summed E-state index contributed by atoms with van der Waals surface area (Å²) in [5, 5.41) is 0. The van der Waals surface area contributed by atoms with E-state index in [1.165, 1.54) is 6.92 Å². The van der Waals surface area contributed by atoms with E-state index in [4.69, 9.17) is 9.47 Å². The van der Waals surface area contributed by atoms with Gasteiger partial charge < -0.3 is 9.47 Å². The minimum Gasteiger partial charge on any atom is -0.465 e. The first-order chi connectivity index (χ1) is 6.06. The summed E-state index contributed by atoms with van der Waals surface area (Å²) in [7, 11) is 0. The summed E-state index contributed by atoms with van der Waals surface area (Å²) in [4.78, 5) is 21.0. The Morgan fingerprint density at radius 1 is 1.38 bits per heavy atom. The Labute approximate surface area is 77.5 Å². The largest absolute Gasteiger partial charge is 0.465 e. The average Bonchev–Trinajstić information content (AvgIpc) is 2.10. The van der Waals surface area contributed by atoms with Crippen molar-refractivity contribution >= 4 is 11.9 Å². The standard InChI is InChI=1S/C9H14O4/c1-4-9(11)13-6-7(2)5-12-8(3)10/h4,7H,1,5-6H2,2-3H3. The van der Waals surface area contributed by atoms with Gasteiger partial charge in [-0.25, -0.2) is 4.79 Å². The van der Waals surface area contributed by atoms with Crippen molar-refractivity contribution < 1.29 is 19.1 Å². The van der Waals surface area contributed by atoms with E-state index in [1.807, 2.05) is 6.92 Å². The number of hydrogen-bond acceptors (Lipinski definition) is 4. The van der Waals surface area contributed by atoms with Crippen molar-refractivity contribution in [2.24, 2.45) is 5.92 Å². The normalized spacial score (nSPS) is 11.5. The van der Waals surface area contributed by atoms with Crippen LogP contribution >= 0.6 is 0 Å². The molecule has 0 aromatic carbocycles. The predicted molar refractivity (Wildman–Crippen MR) is 47.0 cm³/mol. The van der Waals surface area contributed by atoms with Crippen LogP contribution in [0.5, 0.6) is 0 Å².